The molecule has 0 aliphatic heterocycles. The van der Waals surface area contributed by atoms with E-state index in [2.05, 4.69) is 10.0 Å². The van der Waals surface area contributed by atoms with Crippen LogP contribution in [0.15, 0.2) is 24.3 Å². The van der Waals surface area contributed by atoms with Crippen molar-refractivity contribution in [3.8, 4) is 0 Å². The van der Waals surface area contributed by atoms with Crippen molar-refractivity contribution < 1.29 is 23.1 Å². The Morgan fingerprint density at radius 3 is 2.24 bits per heavy atom. The normalized spacial score (nSPS) is 12.5. The van der Waals surface area contributed by atoms with Crippen LogP contribution in [0.1, 0.15) is 30.1 Å². The van der Waals surface area contributed by atoms with Gasteiger partial charge >= 0.3 is 5.97 Å². The fraction of sp³-hybridized carbons (Fsp3) is 0.385. The van der Waals surface area contributed by atoms with Crippen molar-refractivity contribution in [1.82, 2.24) is 5.32 Å². The Hall–Kier alpha value is -2.09. The SMILES string of the molecule is CCC[C@H](NC(=O)c1ccc(NS(C)(=O)=O)cc1)C(=O)O. The lowest BCUT2D eigenvalue weighted by Gasteiger charge is -2.13. The van der Waals surface area contributed by atoms with E-state index in [1.807, 2.05) is 6.92 Å². The maximum absolute atomic E-state index is 11.9. The number of nitrogens with one attached hydrogen (secondary N) is 2. The van der Waals surface area contributed by atoms with Gasteiger partial charge in [0, 0.05) is 11.3 Å². The van der Waals surface area contributed by atoms with E-state index < -0.39 is 27.9 Å². The van der Waals surface area contributed by atoms with Crippen LogP contribution in [0.4, 0.5) is 5.69 Å². The standard InChI is InChI=1S/C13H18N2O5S/c1-3-4-11(13(17)18)14-12(16)9-5-7-10(8-6-9)15-21(2,19)20/h5-8,11,15H,3-4H2,1-2H3,(H,14,16)(H,17,18)/t11-/m0/s1. The average Bonchev–Trinajstić information content (AvgIpc) is 2.36. The number of hydrogen-bond acceptors (Lipinski definition) is 4. The Kier molecular flexibility index (Phi) is 5.71. The lowest BCUT2D eigenvalue weighted by molar-refractivity contribution is -0.139. The van der Waals surface area contributed by atoms with Gasteiger partial charge in [-0.1, -0.05) is 13.3 Å². The number of sulfonamides is 1. The van der Waals surface area contributed by atoms with E-state index in [9.17, 15) is 18.0 Å². The first kappa shape index (κ1) is 17.0. The molecule has 1 aromatic rings. The predicted molar refractivity (Wildman–Crippen MR) is 78.7 cm³/mol. The summed E-state index contributed by atoms with van der Waals surface area (Å²) in [5, 5.41) is 11.4. The molecule has 0 aliphatic carbocycles. The van der Waals surface area contributed by atoms with Gasteiger partial charge in [0.05, 0.1) is 6.26 Å². The number of carboxylic acid groups (broad SMARTS) is 1. The third kappa shape index (κ3) is 5.82. The molecular formula is C13H18N2O5S. The molecule has 0 saturated heterocycles. The van der Waals surface area contributed by atoms with Gasteiger partial charge in [0.1, 0.15) is 6.04 Å². The molecule has 0 heterocycles. The van der Waals surface area contributed by atoms with Crippen LogP contribution in [0.2, 0.25) is 0 Å². The number of carboxylic acids is 1. The molecule has 0 unspecified atom stereocenters. The van der Waals surface area contributed by atoms with Crippen LogP contribution in [0, 0.1) is 0 Å². The molecule has 0 saturated carbocycles. The minimum Gasteiger partial charge on any atom is -0.480 e. The molecule has 0 aliphatic rings. The smallest absolute Gasteiger partial charge is 0.326 e. The van der Waals surface area contributed by atoms with Gasteiger partial charge in [0.25, 0.3) is 5.91 Å². The summed E-state index contributed by atoms with van der Waals surface area (Å²) in [5.41, 5.74) is 0.591. The lowest BCUT2D eigenvalue weighted by Crippen LogP contribution is -2.40. The van der Waals surface area contributed by atoms with Gasteiger partial charge in [-0.15, -0.1) is 0 Å². The Morgan fingerprint density at radius 1 is 1.24 bits per heavy atom. The van der Waals surface area contributed by atoms with E-state index in [1.165, 1.54) is 24.3 Å². The molecular weight excluding hydrogens is 296 g/mol. The molecule has 116 valence electrons. The number of hydrogen-bond donors (Lipinski definition) is 3. The van der Waals surface area contributed by atoms with Crippen molar-refractivity contribution in [2.75, 3.05) is 11.0 Å². The van der Waals surface area contributed by atoms with Gasteiger partial charge in [-0.3, -0.25) is 9.52 Å². The van der Waals surface area contributed by atoms with Crippen molar-refractivity contribution in [3.05, 3.63) is 29.8 Å². The van der Waals surface area contributed by atoms with E-state index in [0.29, 0.717) is 18.5 Å². The average molecular weight is 314 g/mol. The topological polar surface area (TPSA) is 113 Å². The zero-order chi connectivity index (χ0) is 16.0. The van der Waals surface area contributed by atoms with Crippen molar-refractivity contribution in [2.45, 2.75) is 25.8 Å². The second kappa shape index (κ2) is 7.07. The van der Waals surface area contributed by atoms with E-state index >= 15 is 0 Å². The first-order valence-corrected chi connectivity index (χ1v) is 8.23. The largest absolute Gasteiger partial charge is 0.480 e. The summed E-state index contributed by atoms with van der Waals surface area (Å²) in [6.07, 6.45) is 2.00. The second-order valence-electron chi connectivity index (χ2n) is 4.60. The molecule has 1 atom stereocenters. The van der Waals surface area contributed by atoms with E-state index in [-0.39, 0.29) is 5.56 Å². The number of carbonyl (C=O) groups is 2. The Bertz CT molecular complexity index is 610. The highest BCUT2D eigenvalue weighted by Crippen LogP contribution is 2.11. The molecule has 21 heavy (non-hydrogen) atoms. The zero-order valence-electron chi connectivity index (χ0n) is 11.8. The number of benzene rings is 1. The van der Waals surface area contributed by atoms with Crippen molar-refractivity contribution in [3.63, 3.8) is 0 Å². The fourth-order valence-corrected chi connectivity index (χ4v) is 2.26. The third-order valence-electron chi connectivity index (χ3n) is 2.63. The van der Waals surface area contributed by atoms with Crippen molar-refractivity contribution >= 4 is 27.6 Å². The monoisotopic (exact) mass is 314 g/mol. The van der Waals surface area contributed by atoms with Gasteiger partial charge < -0.3 is 10.4 Å². The van der Waals surface area contributed by atoms with Crippen LogP contribution >= 0.6 is 0 Å². The quantitative estimate of drug-likeness (QED) is 0.696. The second-order valence-corrected chi connectivity index (χ2v) is 6.35. The van der Waals surface area contributed by atoms with Gasteiger partial charge in [-0.2, -0.15) is 0 Å². The zero-order valence-corrected chi connectivity index (χ0v) is 12.6. The highest BCUT2D eigenvalue weighted by molar-refractivity contribution is 7.92. The molecule has 7 nitrogen and oxygen atoms in total. The number of aliphatic carboxylic acids is 1. The Labute approximate surface area is 123 Å². The molecule has 0 radical (unpaired) electrons. The summed E-state index contributed by atoms with van der Waals surface area (Å²) in [6.45, 7) is 1.83. The van der Waals surface area contributed by atoms with Crippen LogP contribution in [0.5, 0.6) is 0 Å². The molecule has 0 bridgehead atoms. The molecule has 1 rings (SSSR count). The van der Waals surface area contributed by atoms with Crippen LogP contribution in [-0.2, 0) is 14.8 Å². The summed E-state index contributed by atoms with van der Waals surface area (Å²) in [4.78, 5) is 22.9. The highest BCUT2D eigenvalue weighted by atomic mass is 32.2. The first-order chi connectivity index (χ1) is 9.73. The van der Waals surface area contributed by atoms with Crippen LogP contribution in [-0.4, -0.2) is 37.7 Å². The van der Waals surface area contributed by atoms with Gasteiger partial charge in [-0.05, 0) is 30.7 Å². The minimum absolute atomic E-state index is 0.261. The van der Waals surface area contributed by atoms with Crippen LogP contribution in [0.3, 0.4) is 0 Å². The molecule has 1 amide bonds. The summed E-state index contributed by atoms with van der Waals surface area (Å²) >= 11 is 0. The lowest BCUT2D eigenvalue weighted by atomic mass is 10.1. The molecule has 1 aromatic carbocycles. The number of anilines is 1. The number of amides is 1. The molecule has 0 fully saturated rings. The fourth-order valence-electron chi connectivity index (χ4n) is 1.69. The summed E-state index contributed by atoms with van der Waals surface area (Å²) < 4.78 is 24.4. The number of rotatable bonds is 7. The van der Waals surface area contributed by atoms with Crippen molar-refractivity contribution in [2.24, 2.45) is 0 Å². The van der Waals surface area contributed by atoms with Gasteiger partial charge in [0.2, 0.25) is 10.0 Å². The maximum Gasteiger partial charge on any atom is 0.326 e. The van der Waals surface area contributed by atoms with Gasteiger partial charge in [0.15, 0.2) is 0 Å². The summed E-state index contributed by atoms with van der Waals surface area (Å²) in [5.74, 6) is -1.60. The van der Waals surface area contributed by atoms with Crippen molar-refractivity contribution in [1.29, 1.82) is 0 Å². The molecule has 3 N–H and O–H groups in total. The predicted octanol–water partition coefficient (Wildman–Crippen LogP) is 1.04. The Balaban J connectivity index is 2.77. The highest BCUT2D eigenvalue weighted by Gasteiger charge is 2.19. The number of carbonyl (C=O) groups excluding carboxylic acids is 1. The van der Waals surface area contributed by atoms with Crippen LogP contribution < -0.4 is 10.0 Å². The minimum atomic E-state index is -3.38. The molecule has 8 heteroatoms. The van der Waals surface area contributed by atoms with E-state index in [4.69, 9.17) is 5.11 Å². The van der Waals surface area contributed by atoms with E-state index in [1.54, 1.807) is 0 Å². The van der Waals surface area contributed by atoms with E-state index in [0.717, 1.165) is 6.26 Å². The molecule has 0 aromatic heterocycles. The first-order valence-electron chi connectivity index (χ1n) is 6.34. The summed E-state index contributed by atoms with van der Waals surface area (Å²) in [7, 11) is -3.38. The third-order valence-corrected chi connectivity index (χ3v) is 3.24. The maximum atomic E-state index is 11.9. The van der Waals surface area contributed by atoms with Crippen LogP contribution in [0.25, 0.3) is 0 Å². The Morgan fingerprint density at radius 2 is 1.81 bits per heavy atom. The summed E-state index contributed by atoms with van der Waals surface area (Å²) in [6, 6.07) is 4.79. The van der Waals surface area contributed by atoms with Gasteiger partial charge in [-0.25, -0.2) is 13.2 Å². The molecule has 0 spiro atoms.